The molecular weight excluding hydrogens is 548 g/mol. The molecule has 0 fully saturated rings. The summed E-state index contributed by atoms with van der Waals surface area (Å²) in [5.74, 6) is -1.28. The third-order valence-corrected chi connectivity index (χ3v) is 6.95. The summed E-state index contributed by atoms with van der Waals surface area (Å²) in [4.78, 5) is 62.7. The summed E-state index contributed by atoms with van der Waals surface area (Å²) in [5, 5.41) is 8.15. The van der Waals surface area contributed by atoms with E-state index in [1.807, 2.05) is 13.8 Å². The number of unbranched alkanes of at least 4 members (excludes halogenated alkanes) is 2. The highest BCUT2D eigenvalue weighted by Crippen LogP contribution is 2.33. The number of nitrogens with two attached hydrogens (primary N) is 1. The summed E-state index contributed by atoms with van der Waals surface area (Å²) in [7, 11) is 0. The van der Waals surface area contributed by atoms with Gasteiger partial charge in [0.2, 0.25) is 11.8 Å². The van der Waals surface area contributed by atoms with Crippen molar-refractivity contribution in [2.24, 2.45) is 33.8 Å². The van der Waals surface area contributed by atoms with Gasteiger partial charge in [-0.05, 0) is 61.7 Å². The van der Waals surface area contributed by atoms with Gasteiger partial charge < -0.3 is 26.4 Å². The average Bonchev–Trinajstić information content (AvgIpc) is 2.82. The van der Waals surface area contributed by atoms with E-state index in [1.54, 1.807) is 20.8 Å². The minimum absolute atomic E-state index is 0.0275. The maximum Gasteiger partial charge on any atom is 0.312 e. The fourth-order valence-electron chi connectivity index (χ4n) is 4.92. The van der Waals surface area contributed by atoms with E-state index in [-0.39, 0.29) is 53.3 Å². The fraction of sp³-hybridized carbons (Fsp3) is 0.848. The lowest BCUT2D eigenvalue weighted by Crippen LogP contribution is -2.55. The molecule has 0 aromatic carbocycles. The summed E-state index contributed by atoms with van der Waals surface area (Å²) in [5.41, 5.74) is 4.48. The van der Waals surface area contributed by atoms with Crippen LogP contribution < -0.4 is 21.7 Å². The summed E-state index contributed by atoms with van der Waals surface area (Å²) in [6, 6.07) is -2.20. The Hall–Kier alpha value is -2.65. The largest absolute Gasteiger partial charge is 0.465 e. The van der Waals surface area contributed by atoms with Crippen molar-refractivity contribution in [3.05, 3.63) is 0 Å². The molecule has 2 atom stereocenters. The minimum atomic E-state index is -0.796. The third kappa shape index (κ3) is 19.3. The van der Waals surface area contributed by atoms with Crippen LogP contribution in [0, 0.1) is 28.1 Å². The molecule has 0 heterocycles. The van der Waals surface area contributed by atoms with E-state index in [9.17, 15) is 24.0 Å². The topological polar surface area (TPSA) is 157 Å². The molecule has 0 aliphatic heterocycles. The fourth-order valence-corrected chi connectivity index (χ4v) is 4.92. The molecule has 10 nitrogen and oxygen atoms in total. The summed E-state index contributed by atoms with van der Waals surface area (Å²) in [6.07, 6.45) is 4.54. The van der Waals surface area contributed by atoms with Crippen LogP contribution in [0.2, 0.25) is 0 Å². The number of primary amides is 1. The number of Topliss-reactive ketones (excluding diaryl/α,β-unsaturated/α-hetero) is 1. The lowest BCUT2D eigenvalue weighted by Gasteiger charge is -2.29. The van der Waals surface area contributed by atoms with Gasteiger partial charge in [0.05, 0.1) is 18.6 Å². The second-order valence-electron chi connectivity index (χ2n) is 15.6. The number of carbonyl (C=O) groups excluding carboxylic acids is 5. The quantitative estimate of drug-likeness (QED) is 0.122. The molecule has 4 amide bonds. The zero-order chi connectivity index (χ0) is 33.6. The molecule has 0 saturated carbocycles. The Morgan fingerprint density at radius 1 is 0.767 bits per heavy atom. The van der Waals surface area contributed by atoms with Gasteiger partial charge in [0.1, 0.15) is 6.04 Å². The SMILES string of the molecule is CC(C)[C@H](NC(=O)CCCCCOC(=O)C(CC(C)(C)C)CC(C)(C)C)C(=O)N[C@@H](CCCNC(N)=O)C(=O)C(C)(C)C. The number of amides is 4. The van der Waals surface area contributed by atoms with Gasteiger partial charge in [0.25, 0.3) is 0 Å². The Labute approximate surface area is 260 Å². The van der Waals surface area contributed by atoms with E-state index in [4.69, 9.17) is 10.5 Å². The summed E-state index contributed by atoms with van der Waals surface area (Å²) in [6.45, 7) is 22.4. The molecule has 0 saturated heterocycles. The Morgan fingerprint density at radius 3 is 1.79 bits per heavy atom. The zero-order valence-electron chi connectivity index (χ0n) is 28.9. The van der Waals surface area contributed by atoms with Crippen molar-refractivity contribution in [3.8, 4) is 0 Å². The first-order valence-corrected chi connectivity index (χ1v) is 15.9. The normalized spacial score (nSPS) is 13.8. The average molecular weight is 611 g/mol. The van der Waals surface area contributed by atoms with Gasteiger partial charge in [-0.1, -0.05) is 76.2 Å². The van der Waals surface area contributed by atoms with Crippen LogP contribution >= 0.6 is 0 Å². The Morgan fingerprint density at radius 2 is 1.33 bits per heavy atom. The smallest absolute Gasteiger partial charge is 0.312 e. The number of hydrogen-bond acceptors (Lipinski definition) is 6. The van der Waals surface area contributed by atoms with Gasteiger partial charge in [-0.2, -0.15) is 0 Å². The predicted octanol–water partition coefficient (Wildman–Crippen LogP) is 5.27. The van der Waals surface area contributed by atoms with Crippen molar-refractivity contribution in [1.82, 2.24) is 16.0 Å². The molecule has 0 aliphatic carbocycles. The van der Waals surface area contributed by atoms with Crippen LogP contribution in [0.1, 0.15) is 128 Å². The second kappa shape index (κ2) is 18.2. The Balaban J connectivity index is 4.88. The minimum Gasteiger partial charge on any atom is -0.465 e. The van der Waals surface area contributed by atoms with Crippen LogP contribution in [0.15, 0.2) is 0 Å². The predicted molar refractivity (Wildman–Crippen MR) is 171 cm³/mol. The van der Waals surface area contributed by atoms with Crippen LogP contribution in [-0.4, -0.2) is 54.8 Å². The van der Waals surface area contributed by atoms with Crippen molar-refractivity contribution < 1.29 is 28.7 Å². The molecule has 0 spiro atoms. The number of hydrogen-bond donors (Lipinski definition) is 4. The Bertz CT molecular complexity index is 896. The zero-order valence-corrected chi connectivity index (χ0v) is 28.9. The second-order valence-corrected chi connectivity index (χ2v) is 15.6. The van der Waals surface area contributed by atoms with E-state index in [0.717, 1.165) is 12.8 Å². The lowest BCUT2D eigenvalue weighted by atomic mass is 9.77. The standard InChI is InChI=1S/C33H62N4O6/c1-22(2)26(28(40)36-24(27(39)33(9,10)11)16-15-18-35-30(34)42)37-25(38)17-13-12-14-19-43-29(41)23(20-31(3,4)5)21-32(6,7)8/h22-24,26H,12-21H2,1-11H3,(H,36,40)(H,37,38)(H3,34,35,42)/t24-,26-/m0/s1. The maximum absolute atomic E-state index is 13.2. The number of ketones is 1. The lowest BCUT2D eigenvalue weighted by molar-refractivity contribution is -0.151. The summed E-state index contributed by atoms with van der Waals surface area (Å²) >= 11 is 0. The highest BCUT2D eigenvalue weighted by Gasteiger charge is 2.33. The van der Waals surface area contributed by atoms with Gasteiger partial charge in [-0.15, -0.1) is 0 Å². The summed E-state index contributed by atoms with van der Waals surface area (Å²) < 4.78 is 5.61. The number of esters is 1. The van der Waals surface area contributed by atoms with Crippen molar-refractivity contribution in [3.63, 3.8) is 0 Å². The molecule has 0 aromatic rings. The maximum atomic E-state index is 13.2. The van der Waals surface area contributed by atoms with Crippen molar-refractivity contribution in [2.75, 3.05) is 13.2 Å². The number of urea groups is 1. The van der Waals surface area contributed by atoms with E-state index >= 15 is 0 Å². The number of carbonyl (C=O) groups is 5. The van der Waals surface area contributed by atoms with Crippen molar-refractivity contribution >= 4 is 29.6 Å². The highest BCUT2D eigenvalue weighted by atomic mass is 16.5. The van der Waals surface area contributed by atoms with E-state index in [2.05, 4.69) is 57.5 Å². The number of ether oxygens (including phenoxy) is 1. The molecule has 10 heteroatoms. The van der Waals surface area contributed by atoms with Crippen LogP contribution in [0.25, 0.3) is 0 Å². The number of rotatable bonds is 18. The highest BCUT2D eigenvalue weighted by molar-refractivity contribution is 5.94. The molecule has 250 valence electrons. The van der Waals surface area contributed by atoms with Gasteiger partial charge in [-0.25, -0.2) is 4.79 Å². The molecule has 0 radical (unpaired) electrons. The monoisotopic (exact) mass is 610 g/mol. The molecule has 43 heavy (non-hydrogen) atoms. The molecular formula is C33H62N4O6. The van der Waals surface area contributed by atoms with Gasteiger partial charge in [0, 0.05) is 18.4 Å². The first-order valence-electron chi connectivity index (χ1n) is 15.9. The molecule has 0 unspecified atom stereocenters. The first-order chi connectivity index (χ1) is 19.5. The van der Waals surface area contributed by atoms with Crippen molar-refractivity contribution in [2.45, 2.75) is 140 Å². The van der Waals surface area contributed by atoms with Crippen molar-refractivity contribution in [1.29, 1.82) is 0 Å². The van der Waals surface area contributed by atoms with Crippen LogP contribution in [0.3, 0.4) is 0 Å². The van der Waals surface area contributed by atoms with Gasteiger partial charge in [0.15, 0.2) is 5.78 Å². The van der Waals surface area contributed by atoms with E-state index < -0.39 is 29.4 Å². The van der Waals surface area contributed by atoms with E-state index in [0.29, 0.717) is 38.7 Å². The molecule has 0 bridgehead atoms. The van der Waals surface area contributed by atoms with Crippen LogP contribution in [0.5, 0.6) is 0 Å². The number of nitrogens with one attached hydrogen (secondary N) is 3. The van der Waals surface area contributed by atoms with Crippen LogP contribution in [0.4, 0.5) is 4.79 Å². The molecule has 0 aliphatic rings. The molecule has 0 rings (SSSR count). The molecule has 0 aromatic heterocycles. The van der Waals surface area contributed by atoms with E-state index in [1.165, 1.54) is 0 Å². The first kappa shape index (κ1) is 40.4. The van der Waals surface area contributed by atoms with Crippen LogP contribution in [-0.2, 0) is 23.9 Å². The third-order valence-electron chi connectivity index (χ3n) is 6.95. The Kier molecular flexibility index (Phi) is 17.1. The van der Waals surface area contributed by atoms with Gasteiger partial charge >= 0.3 is 12.0 Å². The molecule has 5 N–H and O–H groups in total. The van der Waals surface area contributed by atoms with Gasteiger partial charge in [-0.3, -0.25) is 19.2 Å².